The third-order valence-electron chi connectivity index (χ3n) is 6.76. The number of piperidine rings is 1. The first-order valence-corrected chi connectivity index (χ1v) is 12.6. The number of halogens is 2. The maximum Gasteiger partial charge on any atom is 0.272 e. The Hall–Kier alpha value is -3.34. The molecule has 186 valence electrons. The summed E-state index contributed by atoms with van der Waals surface area (Å²) in [4.78, 5) is 15.7. The molecule has 3 aromatic rings. The van der Waals surface area contributed by atoms with Crippen LogP contribution in [0.2, 0.25) is 5.02 Å². The fourth-order valence-electron chi connectivity index (χ4n) is 4.48. The van der Waals surface area contributed by atoms with Crippen LogP contribution in [0.3, 0.4) is 0 Å². The number of amides is 1. The third-order valence-corrected chi connectivity index (χ3v) is 7.02. The Bertz CT molecular complexity index is 1320. The molecule has 5 rings (SSSR count). The zero-order valence-corrected chi connectivity index (χ0v) is 20.8. The molecule has 2 N–H and O–H groups in total. The summed E-state index contributed by atoms with van der Waals surface area (Å²) in [6, 6.07) is 11.7. The number of benzene rings is 2. The number of nitrogens with one attached hydrogen (secondary N) is 1. The van der Waals surface area contributed by atoms with E-state index in [4.69, 9.17) is 11.6 Å². The number of phenolic OH excluding ortho intramolecular Hbond substituents is 1. The minimum atomic E-state index is -0.801. The predicted octanol–water partition coefficient (Wildman–Crippen LogP) is 4.93. The fraction of sp³-hybridized carbons (Fsp3) is 0.357. The number of carbonyl (C=O) groups is 1. The maximum absolute atomic E-state index is 14.1. The second-order valence-corrected chi connectivity index (χ2v) is 10.0. The van der Waals surface area contributed by atoms with Crippen LogP contribution in [0.5, 0.6) is 5.75 Å². The van der Waals surface area contributed by atoms with E-state index in [2.05, 4.69) is 34.2 Å². The zero-order valence-electron chi connectivity index (χ0n) is 20.0. The van der Waals surface area contributed by atoms with Crippen molar-refractivity contribution in [3.8, 4) is 17.6 Å². The SMILES string of the molecule is CN1CCC(C#Cc2cc(C(=O)NC(c3ccc(Cl)cc3)c3cc(F)ccc3O)nn2C2CC2)CC1. The summed E-state index contributed by atoms with van der Waals surface area (Å²) in [5, 5.41) is 18.5. The molecular weight excluding hydrogens is 479 g/mol. The van der Waals surface area contributed by atoms with Crippen LogP contribution in [0.4, 0.5) is 4.39 Å². The van der Waals surface area contributed by atoms with Crippen LogP contribution in [0.1, 0.15) is 65.1 Å². The number of phenols is 1. The van der Waals surface area contributed by atoms with Crippen LogP contribution in [0.25, 0.3) is 0 Å². The minimum absolute atomic E-state index is 0.121. The molecule has 2 aliphatic rings. The van der Waals surface area contributed by atoms with Crippen molar-refractivity contribution in [3.05, 3.63) is 81.9 Å². The highest BCUT2D eigenvalue weighted by atomic mass is 35.5. The standard InChI is InChI=1S/C28H28ClFN4O2/c1-33-14-12-18(13-15-33)2-8-23-17-25(32-34(23)22-9-10-22)28(36)31-27(19-3-5-20(29)6-4-19)24-16-21(30)7-11-26(24)35/h3-7,11,16-18,22,27,35H,9-10,12-15H2,1H3,(H,31,36). The summed E-state index contributed by atoms with van der Waals surface area (Å²) < 4.78 is 15.9. The van der Waals surface area contributed by atoms with Crippen molar-refractivity contribution in [3.63, 3.8) is 0 Å². The Morgan fingerprint density at radius 3 is 2.56 bits per heavy atom. The minimum Gasteiger partial charge on any atom is -0.508 e. The molecule has 6 nitrogen and oxygen atoms in total. The Morgan fingerprint density at radius 1 is 1.14 bits per heavy atom. The quantitative estimate of drug-likeness (QED) is 0.481. The molecule has 8 heteroatoms. The van der Waals surface area contributed by atoms with Gasteiger partial charge in [-0.1, -0.05) is 29.7 Å². The largest absolute Gasteiger partial charge is 0.508 e. The molecule has 1 saturated heterocycles. The third kappa shape index (κ3) is 5.56. The number of aromatic nitrogens is 2. The highest BCUT2D eigenvalue weighted by molar-refractivity contribution is 6.30. The van der Waals surface area contributed by atoms with Crippen LogP contribution in [0, 0.1) is 23.6 Å². The molecule has 1 unspecified atom stereocenters. The molecule has 2 aromatic carbocycles. The maximum atomic E-state index is 14.1. The number of likely N-dealkylation sites (tertiary alicyclic amines) is 1. The number of carbonyl (C=O) groups excluding carboxylic acids is 1. The lowest BCUT2D eigenvalue weighted by atomic mass is 9.97. The highest BCUT2D eigenvalue weighted by Crippen LogP contribution is 2.36. The van der Waals surface area contributed by atoms with E-state index in [0.29, 0.717) is 16.5 Å². The van der Waals surface area contributed by atoms with Gasteiger partial charge in [-0.2, -0.15) is 5.10 Å². The molecule has 1 aliphatic carbocycles. The summed E-state index contributed by atoms with van der Waals surface area (Å²) in [5.74, 6) is 5.95. The molecule has 36 heavy (non-hydrogen) atoms. The fourth-order valence-corrected chi connectivity index (χ4v) is 4.61. The first kappa shape index (κ1) is 24.4. The summed E-state index contributed by atoms with van der Waals surface area (Å²) in [6.45, 7) is 2.07. The smallest absolute Gasteiger partial charge is 0.272 e. The Labute approximate surface area is 215 Å². The average molecular weight is 507 g/mol. The molecule has 0 spiro atoms. The van der Waals surface area contributed by atoms with E-state index in [1.165, 1.54) is 18.2 Å². The van der Waals surface area contributed by atoms with Gasteiger partial charge in [0.1, 0.15) is 17.3 Å². The predicted molar refractivity (Wildman–Crippen MR) is 136 cm³/mol. The number of rotatable bonds is 5. The van der Waals surface area contributed by atoms with Crippen molar-refractivity contribution in [2.45, 2.75) is 37.8 Å². The molecule has 1 amide bonds. The topological polar surface area (TPSA) is 70.4 Å². The Morgan fingerprint density at radius 2 is 1.86 bits per heavy atom. The normalized spacial score (nSPS) is 17.3. The van der Waals surface area contributed by atoms with Crippen LogP contribution in [0.15, 0.2) is 48.5 Å². The second kappa shape index (κ2) is 10.3. The van der Waals surface area contributed by atoms with Crippen LogP contribution in [-0.2, 0) is 0 Å². The Kier molecular flexibility index (Phi) is 6.99. The van der Waals surface area contributed by atoms with E-state index in [-0.39, 0.29) is 23.0 Å². The lowest BCUT2D eigenvalue weighted by Crippen LogP contribution is -2.30. The van der Waals surface area contributed by atoms with Crippen molar-refractivity contribution in [1.29, 1.82) is 0 Å². The molecule has 0 radical (unpaired) electrons. The molecule has 0 bridgehead atoms. The van der Waals surface area contributed by atoms with Gasteiger partial charge in [0, 0.05) is 22.6 Å². The van der Waals surface area contributed by atoms with E-state index in [1.54, 1.807) is 30.3 Å². The zero-order chi connectivity index (χ0) is 25.2. The second-order valence-electron chi connectivity index (χ2n) is 9.60. The first-order chi connectivity index (χ1) is 17.4. The number of aromatic hydroxyl groups is 1. The van der Waals surface area contributed by atoms with Gasteiger partial charge in [0.25, 0.3) is 5.91 Å². The van der Waals surface area contributed by atoms with Gasteiger partial charge in [0.2, 0.25) is 0 Å². The molecule has 1 aromatic heterocycles. The van der Waals surface area contributed by atoms with Gasteiger partial charge in [0.15, 0.2) is 5.69 Å². The van der Waals surface area contributed by atoms with Gasteiger partial charge < -0.3 is 15.3 Å². The summed E-state index contributed by atoms with van der Waals surface area (Å²) in [6.07, 6.45) is 4.09. The van der Waals surface area contributed by atoms with Gasteiger partial charge in [0.05, 0.1) is 12.1 Å². The van der Waals surface area contributed by atoms with Gasteiger partial charge in [-0.3, -0.25) is 9.48 Å². The van der Waals surface area contributed by atoms with E-state index in [9.17, 15) is 14.3 Å². The molecule has 2 fully saturated rings. The molecule has 1 saturated carbocycles. The van der Waals surface area contributed by atoms with Crippen molar-refractivity contribution in [2.24, 2.45) is 5.92 Å². The molecular formula is C28H28ClFN4O2. The van der Waals surface area contributed by atoms with Crippen molar-refractivity contribution in [1.82, 2.24) is 20.0 Å². The molecule has 1 atom stereocenters. The highest BCUT2D eigenvalue weighted by Gasteiger charge is 2.29. The Balaban J connectivity index is 1.43. The van der Waals surface area contributed by atoms with E-state index >= 15 is 0 Å². The average Bonchev–Trinajstić information content (AvgIpc) is 3.63. The van der Waals surface area contributed by atoms with E-state index in [1.807, 2.05) is 4.68 Å². The number of hydrogen-bond donors (Lipinski definition) is 2. The van der Waals surface area contributed by atoms with Crippen molar-refractivity contribution < 1.29 is 14.3 Å². The summed E-state index contributed by atoms with van der Waals surface area (Å²) in [5.41, 5.74) is 1.87. The van der Waals surface area contributed by atoms with Gasteiger partial charge >= 0.3 is 0 Å². The van der Waals surface area contributed by atoms with Crippen LogP contribution < -0.4 is 5.32 Å². The first-order valence-electron chi connectivity index (χ1n) is 12.2. The van der Waals surface area contributed by atoms with Crippen molar-refractivity contribution >= 4 is 17.5 Å². The van der Waals surface area contributed by atoms with Gasteiger partial charge in [-0.05, 0) is 87.6 Å². The van der Waals surface area contributed by atoms with Crippen molar-refractivity contribution in [2.75, 3.05) is 20.1 Å². The van der Waals surface area contributed by atoms with Crippen LogP contribution in [-0.4, -0.2) is 45.8 Å². The monoisotopic (exact) mass is 506 g/mol. The lowest BCUT2D eigenvalue weighted by Gasteiger charge is -2.25. The van der Waals surface area contributed by atoms with E-state index in [0.717, 1.165) is 44.5 Å². The molecule has 2 heterocycles. The van der Waals surface area contributed by atoms with Crippen LogP contribution >= 0.6 is 11.6 Å². The number of nitrogens with zero attached hydrogens (tertiary/aromatic N) is 3. The summed E-state index contributed by atoms with van der Waals surface area (Å²) >= 11 is 6.04. The van der Waals surface area contributed by atoms with Gasteiger partial charge in [-0.25, -0.2) is 4.39 Å². The lowest BCUT2D eigenvalue weighted by molar-refractivity contribution is 0.0936. The molecule has 1 aliphatic heterocycles. The number of hydrogen-bond acceptors (Lipinski definition) is 4. The van der Waals surface area contributed by atoms with Gasteiger partial charge in [-0.15, -0.1) is 0 Å². The van der Waals surface area contributed by atoms with E-state index < -0.39 is 17.8 Å². The summed E-state index contributed by atoms with van der Waals surface area (Å²) in [7, 11) is 2.12.